The van der Waals surface area contributed by atoms with E-state index < -0.39 is 0 Å². The fourth-order valence-corrected chi connectivity index (χ4v) is 3.82. The predicted octanol–water partition coefficient (Wildman–Crippen LogP) is 3.28. The number of hydrogen-bond acceptors (Lipinski definition) is 4. The number of fused-ring (bicyclic) bond motifs is 1. The Balaban J connectivity index is 1.73. The second kappa shape index (κ2) is 6.84. The fraction of sp³-hybridized carbons (Fsp3) is 0.267. The SMILES string of the molecule is O=C(N/N=C\c1cc(Br)cc(Br)c1O)c1n[nH]c2c1CCCC2. The average molecular weight is 442 g/mol. The number of aromatic hydroxyl groups is 1. The van der Waals surface area contributed by atoms with E-state index in [-0.39, 0.29) is 11.7 Å². The first-order chi connectivity index (χ1) is 11.1. The van der Waals surface area contributed by atoms with Crippen molar-refractivity contribution in [1.82, 2.24) is 15.6 Å². The Morgan fingerprint density at radius 2 is 2.13 bits per heavy atom. The fourth-order valence-electron chi connectivity index (χ4n) is 2.57. The number of aromatic amines is 1. The molecule has 0 saturated carbocycles. The van der Waals surface area contributed by atoms with Gasteiger partial charge in [-0.05, 0) is 53.7 Å². The van der Waals surface area contributed by atoms with E-state index in [1.807, 2.05) is 0 Å². The standard InChI is InChI=1S/C15H14Br2N4O2/c16-9-5-8(14(22)11(17)6-9)7-18-21-15(23)13-10-3-1-2-4-12(10)19-20-13/h5-7,22H,1-4H2,(H,19,20)(H,21,23)/b18-7-. The molecule has 0 aliphatic heterocycles. The molecule has 8 heteroatoms. The zero-order valence-corrected chi connectivity index (χ0v) is 15.2. The molecule has 0 saturated heterocycles. The number of H-pyrrole nitrogens is 1. The van der Waals surface area contributed by atoms with Crippen LogP contribution < -0.4 is 5.43 Å². The first-order valence-corrected chi connectivity index (χ1v) is 8.72. The van der Waals surface area contributed by atoms with Gasteiger partial charge in [-0.25, -0.2) is 5.43 Å². The minimum Gasteiger partial charge on any atom is -0.506 e. The Morgan fingerprint density at radius 3 is 2.96 bits per heavy atom. The summed E-state index contributed by atoms with van der Waals surface area (Å²) in [6.45, 7) is 0. The molecule has 0 unspecified atom stereocenters. The van der Waals surface area contributed by atoms with Crippen LogP contribution in [0.15, 0.2) is 26.2 Å². The quantitative estimate of drug-likeness (QED) is 0.504. The summed E-state index contributed by atoms with van der Waals surface area (Å²) in [5.74, 6) is -0.294. The number of aromatic nitrogens is 2. The van der Waals surface area contributed by atoms with Gasteiger partial charge in [0.15, 0.2) is 5.69 Å². The van der Waals surface area contributed by atoms with Crippen molar-refractivity contribution in [1.29, 1.82) is 0 Å². The van der Waals surface area contributed by atoms with Gasteiger partial charge in [0.1, 0.15) is 5.75 Å². The second-order valence-corrected chi connectivity index (χ2v) is 7.03. The number of rotatable bonds is 3. The molecular formula is C15H14Br2N4O2. The summed E-state index contributed by atoms with van der Waals surface area (Å²) in [6, 6.07) is 3.42. The molecule has 3 rings (SSSR count). The molecule has 120 valence electrons. The molecule has 1 aliphatic carbocycles. The lowest BCUT2D eigenvalue weighted by Gasteiger charge is -2.10. The number of carbonyl (C=O) groups excluding carboxylic acids is 1. The number of nitrogens with zero attached hydrogens (tertiary/aromatic N) is 2. The summed E-state index contributed by atoms with van der Waals surface area (Å²) in [4.78, 5) is 12.2. The van der Waals surface area contributed by atoms with E-state index >= 15 is 0 Å². The molecule has 1 aromatic heterocycles. The van der Waals surface area contributed by atoms with E-state index in [1.165, 1.54) is 6.21 Å². The largest absolute Gasteiger partial charge is 0.506 e. The minimum absolute atomic E-state index is 0.0587. The summed E-state index contributed by atoms with van der Waals surface area (Å²) in [6.07, 6.45) is 5.36. The van der Waals surface area contributed by atoms with Gasteiger partial charge < -0.3 is 5.11 Å². The van der Waals surface area contributed by atoms with E-state index in [9.17, 15) is 9.90 Å². The number of halogens is 2. The van der Waals surface area contributed by atoms with Crippen LogP contribution in [0.5, 0.6) is 5.75 Å². The third-order valence-corrected chi connectivity index (χ3v) is 4.76. The van der Waals surface area contributed by atoms with Crippen LogP contribution in [-0.2, 0) is 12.8 Å². The highest BCUT2D eigenvalue weighted by atomic mass is 79.9. The topological polar surface area (TPSA) is 90.4 Å². The van der Waals surface area contributed by atoms with Gasteiger partial charge in [-0.15, -0.1) is 0 Å². The van der Waals surface area contributed by atoms with E-state index in [4.69, 9.17) is 0 Å². The lowest BCUT2D eigenvalue weighted by Crippen LogP contribution is -2.20. The normalized spacial score (nSPS) is 14.0. The number of carbonyl (C=O) groups is 1. The van der Waals surface area contributed by atoms with Crippen molar-refractivity contribution >= 4 is 44.0 Å². The smallest absolute Gasteiger partial charge is 0.292 e. The summed E-state index contributed by atoms with van der Waals surface area (Å²) in [5, 5.41) is 20.9. The molecule has 3 N–H and O–H groups in total. The number of hydrazone groups is 1. The molecule has 1 amide bonds. The Hall–Kier alpha value is -1.67. The first kappa shape index (κ1) is 16.2. The van der Waals surface area contributed by atoms with Gasteiger partial charge >= 0.3 is 0 Å². The number of nitrogens with one attached hydrogen (secondary N) is 2. The molecule has 0 bridgehead atoms. The minimum atomic E-state index is -0.353. The predicted molar refractivity (Wildman–Crippen MR) is 93.8 cm³/mol. The summed E-state index contributed by atoms with van der Waals surface area (Å²) < 4.78 is 1.33. The zero-order chi connectivity index (χ0) is 16.4. The van der Waals surface area contributed by atoms with E-state index in [1.54, 1.807) is 12.1 Å². The van der Waals surface area contributed by atoms with E-state index in [0.717, 1.165) is 41.4 Å². The number of aryl methyl sites for hydroxylation is 1. The van der Waals surface area contributed by atoms with Crippen LogP contribution in [0, 0.1) is 0 Å². The molecule has 0 spiro atoms. The van der Waals surface area contributed by atoms with Crippen molar-refractivity contribution in [3.8, 4) is 5.75 Å². The van der Waals surface area contributed by atoms with Gasteiger partial charge in [0.25, 0.3) is 5.91 Å². The van der Waals surface area contributed by atoms with Crippen LogP contribution in [0.1, 0.15) is 40.2 Å². The number of hydrogen-bond donors (Lipinski definition) is 3. The first-order valence-electron chi connectivity index (χ1n) is 7.14. The highest BCUT2D eigenvalue weighted by Crippen LogP contribution is 2.30. The highest BCUT2D eigenvalue weighted by molar-refractivity contribution is 9.11. The molecule has 0 atom stereocenters. The van der Waals surface area contributed by atoms with Crippen LogP contribution in [0.4, 0.5) is 0 Å². The summed E-state index contributed by atoms with van der Waals surface area (Å²) >= 11 is 6.58. The molecule has 23 heavy (non-hydrogen) atoms. The number of amides is 1. The number of benzene rings is 1. The van der Waals surface area contributed by atoms with E-state index in [2.05, 4.69) is 52.6 Å². The summed E-state index contributed by atoms with van der Waals surface area (Å²) in [5.41, 5.74) is 5.36. The van der Waals surface area contributed by atoms with Crippen molar-refractivity contribution in [3.63, 3.8) is 0 Å². The number of phenols is 1. The van der Waals surface area contributed by atoms with Crippen molar-refractivity contribution in [2.24, 2.45) is 5.10 Å². The third-order valence-electron chi connectivity index (χ3n) is 3.70. The van der Waals surface area contributed by atoms with Gasteiger partial charge in [0.05, 0.1) is 10.7 Å². The van der Waals surface area contributed by atoms with Gasteiger partial charge in [-0.3, -0.25) is 9.89 Å². The van der Waals surface area contributed by atoms with Crippen LogP contribution in [0.25, 0.3) is 0 Å². The third kappa shape index (κ3) is 3.48. The number of phenolic OH excluding ortho intramolecular Hbond substituents is 1. The van der Waals surface area contributed by atoms with Crippen LogP contribution in [-0.4, -0.2) is 27.4 Å². The summed E-state index contributed by atoms with van der Waals surface area (Å²) in [7, 11) is 0. The molecule has 1 heterocycles. The Kier molecular flexibility index (Phi) is 4.82. The molecule has 0 fully saturated rings. The molecule has 6 nitrogen and oxygen atoms in total. The van der Waals surface area contributed by atoms with Gasteiger partial charge in [-0.2, -0.15) is 10.2 Å². The van der Waals surface area contributed by atoms with Crippen LogP contribution in [0.2, 0.25) is 0 Å². The Morgan fingerprint density at radius 1 is 1.35 bits per heavy atom. The zero-order valence-electron chi connectivity index (χ0n) is 12.1. The second-order valence-electron chi connectivity index (χ2n) is 5.26. The lowest BCUT2D eigenvalue weighted by molar-refractivity contribution is 0.0949. The van der Waals surface area contributed by atoms with E-state index in [0.29, 0.717) is 15.7 Å². The van der Waals surface area contributed by atoms with Crippen molar-refractivity contribution in [3.05, 3.63) is 43.6 Å². The monoisotopic (exact) mass is 440 g/mol. The van der Waals surface area contributed by atoms with Crippen LogP contribution in [0.3, 0.4) is 0 Å². The molecular weight excluding hydrogens is 428 g/mol. The maximum Gasteiger partial charge on any atom is 0.292 e. The maximum atomic E-state index is 12.2. The van der Waals surface area contributed by atoms with Gasteiger partial charge in [-0.1, -0.05) is 15.9 Å². The van der Waals surface area contributed by atoms with Crippen LogP contribution >= 0.6 is 31.9 Å². The maximum absolute atomic E-state index is 12.2. The van der Waals surface area contributed by atoms with Crippen molar-refractivity contribution < 1.29 is 9.90 Å². The molecule has 0 radical (unpaired) electrons. The van der Waals surface area contributed by atoms with Gasteiger partial charge in [0.2, 0.25) is 0 Å². The molecule has 1 aliphatic rings. The Labute approximate surface area is 149 Å². The van der Waals surface area contributed by atoms with Crippen molar-refractivity contribution in [2.45, 2.75) is 25.7 Å². The van der Waals surface area contributed by atoms with Crippen molar-refractivity contribution in [2.75, 3.05) is 0 Å². The van der Waals surface area contributed by atoms with Gasteiger partial charge in [0, 0.05) is 21.3 Å². The average Bonchev–Trinajstić information content (AvgIpc) is 2.96. The lowest BCUT2D eigenvalue weighted by atomic mass is 9.96. The highest BCUT2D eigenvalue weighted by Gasteiger charge is 2.21. The Bertz CT molecular complexity index is 786. The molecule has 2 aromatic rings. The molecule has 1 aromatic carbocycles.